The number of hydrogen-bond acceptors (Lipinski definition) is 3. The summed E-state index contributed by atoms with van der Waals surface area (Å²) in [5.41, 5.74) is -0.290. The van der Waals surface area contributed by atoms with Crippen LogP contribution in [-0.4, -0.2) is 28.8 Å². The normalized spacial score (nSPS) is 17.9. The van der Waals surface area contributed by atoms with Gasteiger partial charge < -0.3 is 4.57 Å². The van der Waals surface area contributed by atoms with Crippen LogP contribution in [-0.2, 0) is 16.6 Å². The number of halogens is 1. The number of hydrogen-bond donors (Lipinski definition) is 1. The Labute approximate surface area is 116 Å². The fraction of sp³-hybridized carbons (Fsp3) is 0.727. The van der Waals surface area contributed by atoms with E-state index in [0.29, 0.717) is 5.33 Å². The molecular formula is C11H18BrN3O2S. The van der Waals surface area contributed by atoms with Crippen molar-refractivity contribution in [2.24, 2.45) is 0 Å². The number of nitrogens with zero attached hydrogens (tertiary/aromatic N) is 2. The molecule has 2 rings (SSSR count). The zero-order valence-corrected chi connectivity index (χ0v) is 13.0. The van der Waals surface area contributed by atoms with Gasteiger partial charge in [0, 0.05) is 23.6 Å². The minimum atomic E-state index is -3.50. The fourth-order valence-corrected chi connectivity index (χ4v) is 4.18. The van der Waals surface area contributed by atoms with Crippen molar-refractivity contribution in [3.63, 3.8) is 0 Å². The molecule has 0 aliphatic heterocycles. The average molecular weight is 336 g/mol. The molecule has 0 spiro atoms. The van der Waals surface area contributed by atoms with Crippen molar-refractivity contribution in [2.45, 2.75) is 50.2 Å². The second-order valence-electron chi connectivity index (χ2n) is 4.84. The number of nitrogens with one attached hydrogen (secondary N) is 1. The Bertz CT molecular complexity index is 534. The van der Waals surface area contributed by atoms with Crippen LogP contribution in [0.4, 0.5) is 0 Å². The molecule has 0 aromatic carbocycles. The summed E-state index contributed by atoms with van der Waals surface area (Å²) >= 11 is 3.35. The second kappa shape index (κ2) is 4.94. The van der Waals surface area contributed by atoms with E-state index in [1.54, 1.807) is 6.20 Å². The molecule has 0 amide bonds. The van der Waals surface area contributed by atoms with Gasteiger partial charge in [0.25, 0.3) is 10.0 Å². The molecule has 1 fully saturated rings. The molecule has 1 heterocycles. The highest BCUT2D eigenvalue weighted by Gasteiger charge is 2.45. The molecule has 7 heteroatoms. The first-order valence-corrected chi connectivity index (χ1v) is 8.67. The van der Waals surface area contributed by atoms with Crippen LogP contribution in [0.2, 0.25) is 0 Å². The first-order chi connectivity index (χ1) is 8.42. The van der Waals surface area contributed by atoms with E-state index in [1.165, 1.54) is 0 Å². The summed E-state index contributed by atoms with van der Waals surface area (Å²) in [7, 11) is -3.50. The molecule has 5 nitrogen and oxygen atoms in total. The third-order valence-electron chi connectivity index (χ3n) is 3.15. The van der Waals surface area contributed by atoms with Gasteiger partial charge in [0.1, 0.15) is 5.82 Å². The summed E-state index contributed by atoms with van der Waals surface area (Å²) in [4.78, 5) is 4.14. The van der Waals surface area contributed by atoms with Crippen molar-refractivity contribution in [1.29, 1.82) is 0 Å². The molecule has 18 heavy (non-hydrogen) atoms. The standard InChI is InChI=1S/C11H18BrN3O2S/c1-3-6-15-7-10(13-9(15)2)18(16,17)14-11(8-12)4-5-11/h7,14H,3-6,8H2,1-2H3. The van der Waals surface area contributed by atoms with E-state index in [1.807, 2.05) is 11.5 Å². The van der Waals surface area contributed by atoms with Gasteiger partial charge in [-0.05, 0) is 26.2 Å². The number of aromatic nitrogens is 2. The molecule has 102 valence electrons. The molecule has 1 aromatic heterocycles. The van der Waals surface area contributed by atoms with Crippen LogP contribution in [0, 0.1) is 6.92 Å². The number of aryl methyl sites for hydroxylation is 2. The van der Waals surface area contributed by atoms with Gasteiger partial charge in [0.05, 0.1) is 0 Å². The van der Waals surface area contributed by atoms with Crippen LogP contribution >= 0.6 is 15.9 Å². The number of alkyl halides is 1. The van der Waals surface area contributed by atoms with Crippen molar-refractivity contribution in [1.82, 2.24) is 14.3 Å². The summed E-state index contributed by atoms with van der Waals surface area (Å²) in [6.45, 7) is 4.67. The van der Waals surface area contributed by atoms with Gasteiger partial charge in [-0.3, -0.25) is 0 Å². The van der Waals surface area contributed by atoms with Gasteiger partial charge >= 0.3 is 0 Å². The quantitative estimate of drug-likeness (QED) is 0.806. The first-order valence-electron chi connectivity index (χ1n) is 6.06. The van der Waals surface area contributed by atoms with E-state index >= 15 is 0 Å². The zero-order valence-electron chi connectivity index (χ0n) is 10.6. The molecule has 1 N–H and O–H groups in total. The first kappa shape index (κ1) is 14.0. The number of imidazole rings is 1. The molecule has 0 unspecified atom stereocenters. The van der Waals surface area contributed by atoms with E-state index in [4.69, 9.17) is 0 Å². The van der Waals surface area contributed by atoms with Crippen LogP contribution < -0.4 is 4.72 Å². The number of sulfonamides is 1. The van der Waals surface area contributed by atoms with Gasteiger partial charge in [0.2, 0.25) is 0 Å². The minimum Gasteiger partial charge on any atom is -0.334 e. The smallest absolute Gasteiger partial charge is 0.260 e. The lowest BCUT2D eigenvalue weighted by atomic mass is 10.4. The third kappa shape index (κ3) is 2.78. The minimum absolute atomic E-state index is 0.126. The van der Waals surface area contributed by atoms with E-state index in [0.717, 1.165) is 31.6 Å². The van der Waals surface area contributed by atoms with E-state index in [9.17, 15) is 8.42 Å². The highest BCUT2D eigenvalue weighted by atomic mass is 79.9. The maximum Gasteiger partial charge on any atom is 0.260 e. The Morgan fingerprint density at radius 1 is 1.56 bits per heavy atom. The number of rotatable bonds is 6. The molecule has 0 radical (unpaired) electrons. The van der Waals surface area contributed by atoms with Gasteiger partial charge in [-0.25, -0.2) is 18.1 Å². The molecule has 0 saturated heterocycles. The predicted octanol–water partition coefficient (Wildman–Crippen LogP) is 1.81. The van der Waals surface area contributed by atoms with Crippen molar-refractivity contribution in [3.05, 3.63) is 12.0 Å². The van der Waals surface area contributed by atoms with Gasteiger partial charge in [-0.15, -0.1) is 0 Å². The summed E-state index contributed by atoms with van der Waals surface area (Å²) in [6, 6.07) is 0. The Hall–Kier alpha value is -0.400. The highest BCUT2D eigenvalue weighted by molar-refractivity contribution is 9.09. The van der Waals surface area contributed by atoms with Crippen molar-refractivity contribution in [3.8, 4) is 0 Å². The van der Waals surface area contributed by atoms with E-state index in [-0.39, 0.29) is 10.6 Å². The van der Waals surface area contributed by atoms with Crippen LogP contribution in [0.25, 0.3) is 0 Å². The van der Waals surface area contributed by atoms with Crippen LogP contribution in [0.3, 0.4) is 0 Å². The summed E-state index contributed by atoms with van der Waals surface area (Å²) in [5, 5.41) is 0.772. The zero-order chi connectivity index (χ0) is 13.4. The molecule has 1 aliphatic carbocycles. The molecule has 1 aromatic rings. The summed E-state index contributed by atoms with van der Waals surface area (Å²) in [5.74, 6) is 0.737. The van der Waals surface area contributed by atoms with E-state index < -0.39 is 10.0 Å². The average Bonchev–Trinajstić information content (AvgIpc) is 2.97. The maximum absolute atomic E-state index is 12.2. The highest BCUT2D eigenvalue weighted by Crippen LogP contribution is 2.38. The Morgan fingerprint density at radius 2 is 2.22 bits per heavy atom. The molecule has 0 bridgehead atoms. The van der Waals surface area contributed by atoms with Gasteiger partial charge in [0.15, 0.2) is 5.03 Å². The van der Waals surface area contributed by atoms with Gasteiger partial charge in [-0.2, -0.15) is 0 Å². The Morgan fingerprint density at radius 3 is 2.72 bits per heavy atom. The molecule has 1 aliphatic rings. The van der Waals surface area contributed by atoms with E-state index in [2.05, 4.69) is 32.6 Å². The Balaban J connectivity index is 2.22. The second-order valence-corrected chi connectivity index (χ2v) is 7.03. The van der Waals surface area contributed by atoms with Crippen molar-refractivity contribution in [2.75, 3.05) is 5.33 Å². The topological polar surface area (TPSA) is 64.0 Å². The van der Waals surface area contributed by atoms with Crippen LogP contribution in [0.5, 0.6) is 0 Å². The largest absolute Gasteiger partial charge is 0.334 e. The lowest BCUT2D eigenvalue weighted by molar-refractivity contribution is 0.557. The summed E-state index contributed by atoms with van der Waals surface area (Å²) in [6.07, 6.45) is 4.33. The molecular weight excluding hydrogens is 318 g/mol. The third-order valence-corrected chi connectivity index (χ3v) is 5.68. The monoisotopic (exact) mass is 335 g/mol. The lowest BCUT2D eigenvalue weighted by Gasteiger charge is -2.12. The molecule has 0 atom stereocenters. The predicted molar refractivity (Wildman–Crippen MR) is 73.3 cm³/mol. The van der Waals surface area contributed by atoms with Crippen LogP contribution in [0.1, 0.15) is 32.0 Å². The SMILES string of the molecule is CCCn1cc(S(=O)(=O)NC2(CBr)CC2)nc1C. The Kier molecular flexibility index (Phi) is 3.85. The fourth-order valence-electron chi connectivity index (χ4n) is 1.83. The molecule has 1 saturated carbocycles. The van der Waals surface area contributed by atoms with Crippen LogP contribution in [0.15, 0.2) is 11.2 Å². The lowest BCUT2D eigenvalue weighted by Crippen LogP contribution is -2.38. The van der Waals surface area contributed by atoms with Crippen molar-refractivity contribution < 1.29 is 8.42 Å². The summed E-state index contributed by atoms with van der Waals surface area (Å²) < 4.78 is 29.0. The van der Waals surface area contributed by atoms with Gasteiger partial charge in [-0.1, -0.05) is 22.9 Å². The maximum atomic E-state index is 12.2. The van der Waals surface area contributed by atoms with Crippen molar-refractivity contribution >= 4 is 26.0 Å².